The Kier molecular flexibility index (Phi) is 5.79. The lowest BCUT2D eigenvalue weighted by Gasteiger charge is -2.34. The Morgan fingerprint density at radius 2 is 2.06 bits per heavy atom. The number of rotatable bonds is 4. The van der Waals surface area contributed by atoms with E-state index in [-0.39, 0.29) is 11.9 Å². The van der Waals surface area contributed by atoms with Crippen LogP contribution in [0.3, 0.4) is 0 Å². The molecule has 34 heavy (non-hydrogen) atoms. The quantitative estimate of drug-likeness (QED) is 0.612. The first-order chi connectivity index (χ1) is 16.5. The maximum atomic E-state index is 12.4. The summed E-state index contributed by atoms with van der Waals surface area (Å²) in [6.07, 6.45) is 4.77. The van der Waals surface area contributed by atoms with Gasteiger partial charge < -0.3 is 25.6 Å². The van der Waals surface area contributed by atoms with Crippen molar-refractivity contribution in [2.45, 2.75) is 25.8 Å². The van der Waals surface area contributed by atoms with Crippen molar-refractivity contribution in [3.8, 4) is 5.75 Å². The fourth-order valence-corrected chi connectivity index (χ4v) is 4.60. The molecule has 1 aromatic carbocycles. The van der Waals surface area contributed by atoms with Gasteiger partial charge in [-0.15, -0.1) is 0 Å². The summed E-state index contributed by atoms with van der Waals surface area (Å²) in [6.45, 7) is 4.10. The summed E-state index contributed by atoms with van der Waals surface area (Å²) in [5.74, 6) is 0.927. The highest BCUT2D eigenvalue weighted by Crippen LogP contribution is 2.34. The summed E-state index contributed by atoms with van der Waals surface area (Å²) < 4.78 is 7.20. The number of carbonyl (C=O) groups excluding carboxylic acids is 2. The first kappa shape index (κ1) is 21.7. The number of nitrogen functional groups attached to an aromatic ring is 1. The molecule has 3 N–H and O–H groups in total. The van der Waals surface area contributed by atoms with Crippen molar-refractivity contribution in [1.29, 1.82) is 0 Å². The van der Waals surface area contributed by atoms with Crippen LogP contribution >= 0.6 is 0 Å². The summed E-state index contributed by atoms with van der Waals surface area (Å²) >= 11 is 0. The molecule has 2 amide bonds. The maximum absolute atomic E-state index is 12.4. The molecule has 1 atom stereocenters. The number of carbonyl (C=O) groups is 2. The van der Waals surface area contributed by atoms with E-state index in [9.17, 15) is 9.59 Å². The fraction of sp³-hybridized carbons (Fsp3) is 0.333. The lowest BCUT2D eigenvalue weighted by molar-refractivity contribution is -0.127. The van der Waals surface area contributed by atoms with Gasteiger partial charge >= 0.3 is 6.09 Å². The number of aromatic nitrogens is 3. The highest BCUT2D eigenvalue weighted by atomic mass is 16.6. The van der Waals surface area contributed by atoms with Gasteiger partial charge in [-0.3, -0.25) is 4.79 Å². The average Bonchev–Trinajstić information content (AvgIpc) is 3.46. The normalized spacial score (nSPS) is 18.1. The molecule has 0 radical (unpaired) electrons. The van der Waals surface area contributed by atoms with Gasteiger partial charge in [0.05, 0.1) is 11.4 Å². The maximum Gasteiger partial charge on any atom is 0.412 e. The van der Waals surface area contributed by atoms with E-state index in [1.54, 1.807) is 28.5 Å². The number of nitrogens with one attached hydrogen (secondary N) is 1. The van der Waals surface area contributed by atoms with Gasteiger partial charge in [0.25, 0.3) is 0 Å². The molecule has 0 bridgehead atoms. The van der Waals surface area contributed by atoms with Gasteiger partial charge in [0.1, 0.15) is 17.6 Å². The Labute approximate surface area is 197 Å². The van der Waals surface area contributed by atoms with Crippen LogP contribution in [0.25, 0.3) is 11.1 Å². The molecule has 1 saturated heterocycles. The number of benzene rings is 1. The highest BCUT2D eigenvalue weighted by molar-refractivity contribution is 5.89. The summed E-state index contributed by atoms with van der Waals surface area (Å²) in [5.41, 5.74) is 9.84. The molecular formula is C24H27N7O3. The number of ether oxygens (including phenoxy) is 1. The van der Waals surface area contributed by atoms with Crippen molar-refractivity contribution in [2.75, 3.05) is 36.8 Å². The Morgan fingerprint density at radius 1 is 1.24 bits per heavy atom. The molecule has 0 unspecified atom stereocenters. The van der Waals surface area contributed by atoms with Crippen LogP contribution in [0.5, 0.6) is 5.75 Å². The van der Waals surface area contributed by atoms with E-state index >= 15 is 0 Å². The highest BCUT2D eigenvalue weighted by Gasteiger charge is 2.28. The first-order valence-electron chi connectivity index (χ1n) is 11.3. The van der Waals surface area contributed by atoms with E-state index in [0.717, 1.165) is 41.9 Å². The molecule has 0 saturated carbocycles. The molecule has 0 aliphatic carbocycles. The second-order valence-corrected chi connectivity index (χ2v) is 8.58. The molecule has 0 spiro atoms. The Hall–Kier alpha value is -4.08. The lowest BCUT2D eigenvalue weighted by Crippen LogP contribution is -2.48. The minimum absolute atomic E-state index is 0.0359. The molecule has 10 heteroatoms. The van der Waals surface area contributed by atoms with Crippen molar-refractivity contribution in [2.24, 2.45) is 0 Å². The zero-order chi connectivity index (χ0) is 23.7. The van der Waals surface area contributed by atoms with Gasteiger partial charge in [-0.25, -0.2) is 14.3 Å². The van der Waals surface area contributed by atoms with E-state index in [2.05, 4.69) is 26.4 Å². The molecule has 2 aromatic heterocycles. The van der Waals surface area contributed by atoms with Crippen molar-refractivity contribution < 1.29 is 14.3 Å². The van der Waals surface area contributed by atoms with Crippen LogP contribution in [0.1, 0.15) is 25.5 Å². The number of anilines is 2. The second kappa shape index (κ2) is 9.05. The third-order valence-corrected chi connectivity index (χ3v) is 6.29. The van der Waals surface area contributed by atoms with Gasteiger partial charge in [-0.05, 0) is 36.6 Å². The fourth-order valence-electron chi connectivity index (χ4n) is 4.60. The third kappa shape index (κ3) is 4.26. The van der Waals surface area contributed by atoms with E-state index in [4.69, 9.17) is 10.5 Å². The summed E-state index contributed by atoms with van der Waals surface area (Å²) in [5, 5.41) is 7.43. The zero-order valence-electron chi connectivity index (χ0n) is 19.0. The molecule has 5 rings (SSSR count). The molecule has 1 fully saturated rings. The van der Waals surface area contributed by atoms with Gasteiger partial charge in [-0.1, -0.05) is 24.3 Å². The lowest BCUT2D eigenvalue weighted by atomic mass is 10.1. The molecule has 10 nitrogen and oxygen atoms in total. The minimum Gasteiger partial charge on any atom is -0.410 e. The number of fused-ring (bicyclic) bond motifs is 1. The van der Waals surface area contributed by atoms with Crippen molar-refractivity contribution in [3.05, 3.63) is 54.5 Å². The topological polar surface area (TPSA) is 118 Å². The minimum atomic E-state index is -0.469. The Morgan fingerprint density at radius 3 is 2.82 bits per heavy atom. The van der Waals surface area contributed by atoms with Gasteiger partial charge in [0.15, 0.2) is 5.82 Å². The number of hydrogen-bond acceptors (Lipinski definition) is 7. The number of para-hydroxylation sites is 1. The number of nitrogens with two attached hydrogens (primary N) is 1. The smallest absolute Gasteiger partial charge is 0.410 e. The van der Waals surface area contributed by atoms with Crippen molar-refractivity contribution in [1.82, 2.24) is 24.8 Å². The number of piperidine rings is 1. The van der Waals surface area contributed by atoms with Crippen LogP contribution in [-0.4, -0.2) is 63.7 Å². The molecule has 2 aliphatic rings. The SMILES string of the molecule is CC(=O)N1CC=C(c2cc(N3CCC[C@@H](NC(=O)Oc4ccccc4)C3)c3c(N)ncnn23)C1. The second-order valence-electron chi connectivity index (χ2n) is 8.58. The molecule has 2 aliphatic heterocycles. The average molecular weight is 462 g/mol. The van der Waals surface area contributed by atoms with Crippen molar-refractivity contribution >= 4 is 34.6 Å². The van der Waals surface area contributed by atoms with Crippen LogP contribution in [-0.2, 0) is 4.79 Å². The molecule has 176 valence electrons. The van der Waals surface area contributed by atoms with E-state index < -0.39 is 6.09 Å². The Bertz CT molecular complexity index is 1250. The number of nitrogens with zero attached hydrogens (tertiary/aromatic N) is 5. The zero-order valence-corrected chi connectivity index (χ0v) is 19.0. The van der Waals surface area contributed by atoms with Crippen LogP contribution in [0.4, 0.5) is 16.3 Å². The summed E-state index contributed by atoms with van der Waals surface area (Å²) in [7, 11) is 0. The third-order valence-electron chi connectivity index (χ3n) is 6.29. The van der Waals surface area contributed by atoms with Gasteiger partial charge in [-0.2, -0.15) is 5.10 Å². The largest absolute Gasteiger partial charge is 0.412 e. The van der Waals surface area contributed by atoms with Crippen LogP contribution in [0, 0.1) is 0 Å². The van der Waals surface area contributed by atoms with E-state index in [1.165, 1.54) is 6.33 Å². The predicted molar refractivity (Wildman–Crippen MR) is 128 cm³/mol. The monoisotopic (exact) mass is 461 g/mol. The van der Waals surface area contributed by atoms with Gasteiger partial charge in [0.2, 0.25) is 5.91 Å². The van der Waals surface area contributed by atoms with Crippen molar-refractivity contribution in [3.63, 3.8) is 0 Å². The number of amides is 2. The number of hydrogen-bond donors (Lipinski definition) is 2. The summed E-state index contributed by atoms with van der Waals surface area (Å²) in [6, 6.07) is 11.0. The van der Waals surface area contributed by atoms with Crippen LogP contribution in [0.15, 0.2) is 48.8 Å². The van der Waals surface area contributed by atoms with E-state index in [1.807, 2.05) is 24.3 Å². The van der Waals surface area contributed by atoms with E-state index in [0.29, 0.717) is 31.2 Å². The van der Waals surface area contributed by atoms with Crippen LogP contribution in [0.2, 0.25) is 0 Å². The Balaban J connectivity index is 1.37. The molecule has 3 aromatic rings. The molecular weight excluding hydrogens is 434 g/mol. The van der Waals surface area contributed by atoms with Crippen LogP contribution < -0.4 is 20.7 Å². The van der Waals surface area contributed by atoms with Gasteiger partial charge in [0, 0.05) is 39.1 Å². The predicted octanol–water partition coefficient (Wildman–Crippen LogP) is 2.31. The standard InChI is InChI=1S/C24H27N7O3/c1-16(32)29-11-9-17(13-29)20-12-21(22-23(25)26-15-27-31(20)22)30-10-5-6-18(14-30)28-24(33)34-19-7-3-2-4-8-19/h2-4,7-9,12,15,18H,5-6,10-11,13-14H2,1H3,(H,28,33)(H2,25,26,27)/t18-/m1/s1. The first-order valence-corrected chi connectivity index (χ1v) is 11.3. The summed E-state index contributed by atoms with van der Waals surface area (Å²) in [4.78, 5) is 32.4. The molecule has 4 heterocycles.